The third-order valence-corrected chi connectivity index (χ3v) is 5.21. The van der Waals surface area contributed by atoms with Crippen LogP contribution in [0, 0.1) is 5.41 Å². The number of hydrogen-bond acceptors (Lipinski definition) is 4. The van der Waals surface area contributed by atoms with Crippen LogP contribution in [0.25, 0.3) is 0 Å². The summed E-state index contributed by atoms with van der Waals surface area (Å²) < 4.78 is 28.2. The largest absolute Gasteiger partial charge is 0.387 e. The molecule has 19 heavy (non-hydrogen) atoms. The lowest BCUT2D eigenvalue weighted by atomic mass is 10.1. The van der Waals surface area contributed by atoms with Crippen molar-refractivity contribution in [1.29, 1.82) is 5.41 Å². The van der Waals surface area contributed by atoms with Crippen molar-refractivity contribution in [2.75, 3.05) is 26.7 Å². The molecule has 0 aromatic heterocycles. The minimum atomic E-state index is -3.40. The molecule has 0 atom stereocenters. The van der Waals surface area contributed by atoms with Gasteiger partial charge < -0.3 is 5.73 Å². The number of likely N-dealkylation sites (tertiary alicyclic amines) is 1. The second kappa shape index (κ2) is 6.65. The molecule has 1 fully saturated rings. The van der Waals surface area contributed by atoms with Gasteiger partial charge in [0.25, 0.3) is 10.2 Å². The predicted molar refractivity (Wildman–Crippen MR) is 76.3 cm³/mol. The number of rotatable bonds is 6. The summed E-state index contributed by atoms with van der Waals surface area (Å²) in [5.41, 5.74) is 5.36. The van der Waals surface area contributed by atoms with E-state index in [4.69, 9.17) is 11.1 Å². The Kier molecular flexibility index (Phi) is 5.72. The van der Waals surface area contributed by atoms with Crippen LogP contribution in [0.15, 0.2) is 0 Å². The summed E-state index contributed by atoms with van der Waals surface area (Å²) >= 11 is 0. The Morgan fingerprint density at radius 2 is 2.00 bits per heavy atom. The van der Waals surface area contributed by atoms with Gasteiger partial charge in [-0.2, -0.15) is 17.4 Å². The van der Waals surface area contributed by atoms with Crippen molar-refractivity contribution in [2.45, 2.75) is 38.8 Å². The normalized spacial score (nSPS) is 19.2. The standard InChI is InChI=1S/C11H25N5O2S/c1-9(2)15(3)19(17,18)14-10-4-6-16(7-5-10)8-11(12)13/h9-10,14H,4-8H2,1-3H3,(H3,12,13). The highest BCUT2D eigenvalue weighted by atomic mass is 32.2. The van der Waals surface area contributed by atoms with E-state index in [-0.39, 0.29) is 17.9 Å². The first-order chi connectivity index (χ1) is 8.72. The fourth-order valence-electron chi connectivity index (χ4n) is 2.02. The monoisotopic (exact) mass is 291 g/mol. The van der Waals surface area contributed by atoms with Gasteiger partial charge in [-0.25, -0.2) is 0 Å². The van der Waals surface area contributed by atoms with Crippen molar-refractivity contribution in [3.05, 3.63) is 0 Å². The molecule has 0 aromatic carbocycles. The second-order valence-electron chi connectivity index (χ2n) is 5.31. The minimum absolute atomic E-state index is 0.0330. The zero-order valence-corrected chi connectivity index (χ0v) is 12.7. The first-order valence-corrected chi connectivity index (χ1v) is 7.97. The molecule has 112 valence electrons. The molecular weight excluding hydrogens is 266 g/mol. The van der Waals surface area contributed by atoms with E-state index in [1.54, 1.807) is 7.05 Å². The zero-order chi connectivity index (χ0) is 14.6. The SMILES string of the molecule is CC(C)N(C)S(=O)(=O)NC1CCN(CC(=N)N)CC1. The smallest absolute Gasteiger partial charge is 0.279 e. The molecule has 0 bridgehead atoms. The van der Waals surface area contributed by atoms with Crippen LogP contribution >= 0.6 is 0 Å². The summed E-state index contributed by atoms with van der Waals surface area (Å²) in [6, 6.07) is -0.0929. The van der Waals surface area contributed by atoms with Gasteiger partial charge in [0.05, 0.1) is 6.54 Å². The average molecular weight is 291 g/mol. The van der Waals surface area contributed by atoms with E-state index in [2.05, 4.69) is 9.62 Å². The van der Waals surface area contributed by atoms with Crippen molar-refractivity contribution in [3.63, 3.8) is 0 Å². The molecule has 1 rings (SSSR count). The molecule has 0 radical (unpaired) electrons. The zero-order valence-electron chi connectivity index (χ0n) is 11.9. The summed E-state index contributed by atoms with van der Waals surface area (Å²) in [6.45, 7) is 5.67. The van der Waals surface area contributed by atoms with Gasteiger partial charge in [0.2, 0.25) is 0 Å². The molecule has 0 aromatic rings. The lowest BCUT2D eigenvalue weighted by molar-refractivity contribution is 0.229. The average Bonchev–Trinajstić information content (AvgIpc) is 2.29. The highest BCUT2D eigenvalue weighted by Gasteiger charge is 2.27. The van der Waals surface area contributed by atoms with Gasteiger partial charge in [-0.1, -0.05) is 0 Å². The molecule has 1 saturated heterocycles. The molecule has 8 heteroatoms. The molecule has 1 aliphatic heterocycles. The Morgan fingerprint density at radius 1 is 1.47 bits per heavy atom. The van der Waals surface area contributed by atoms with Crippen LogP contribution in [0.1, 0.15) is 26.7 Å². The Balaban J connectivity index is 2.47. The topological polar surface area (TPSA) is 103 Å². The molecule has 1 aliphatic rings. The van der Waals surface area contributed by atoms with E-state index in [1.807, 2.05) is 13.8 Å². The molecule has 0 saturated carbocycles. The van der Waals surface area contributed by atoms with E-state index in [9.17, 15) is 8.42 Å². The van der Waals surface area contributed by atoms with E-state index in [1.165, 1.54) is 4.31 Å². The molecule has 0 spiro atoms. The quantitative estimate of drug-likeness (QED) is 0.456. The first-order valence-electron chi connectivity index (χ1n) is 6.53. The summed E-state index contributed by atoms with van der Waals surface area (Å²) in [5, 5.41) is 7.25. The minimum Gasteiger partial charge on any atom is -0.387 e. The van der Waals surface area contributed by atoms with Gasteiger partial charge in [0, 0.05) is 32.2 Å². The van der Waals surface area contributed by atoms with Gasteiger partial charge in [0.15, 0.2) is 0 Å². The molecule has 1 heterocycles. The van der Waals surface area contributed by atoms with E-state index in [0.717, 1.165) is 25.9 Å². The van der Waals surface area contributed by atoms with Gasteiger partial charge in [0.1, 0.15) is 5.84 Å². The van der Waals surface area contributed by atoms with Gasteiger partial charge >= 0.3 is 0 Å². The van der Waals surface area contributed by atoms with E-state index >= 15 is 0 Å². The lowest BCUT2D eigenvalue weighted by Crippen LogP contribution is -2.50. The third kappa shape index (κ3) is 5.06. The highest BCUT2D eigenvalue weighted by Crippen LogP contribution is 2.12. The fraction of sp³-hybridized carbons (Fsp3) is 0.909. The Labute approximate surface area is 115 Å². The van der Waals surface area contributed by atoms with Crippen LogP contribution in [-0.2, 0) is 10.2 Å². The van der Waals surface area contributed by atoms with Crippen LogP contribution in [0.3, 0.4) is 0 Å². The summed E-state index contributed by atoms with van der Waals surface area (Å²) in [4.78, 5) is 2.07. The lowest BCUT2D eigenvalue weighted by Gasteiger charge is -2.33. The molecule has 7 nitrogen and oxygen atoms in total. The van der Waals surface area contributed by atoms with Gasteiger partial charge in [-0.05, 0) is 26.7 Å². The van der Waals surface area contributed by atoms with Crippen molar-refractivity contribution < 1.29 is 8.42 Å². The molecule has 0 unspecified atom stereocenters. The van der Waals surface area contributed by atoms with Gasteiger partial charge in [-0.3, -0.25) is 10.3 Å². The second-order valence-corrected chi connectivity index (χ2v) is 7.07. The Hall–Kier alpha value is -0.700. The van der Waals surface area contributed by atoms with Crippen LogP contribution in [0.5, 0.6) is 0 Å². The number of amidine groups is 1. The maximum absolute atomic E-state index is 12.0. The highest BCUT2D eigenvalue weighted by molar-refractivity contribution is 7.87. The fourth-order valence-corrected chi connectivity index (χ4v) is 3.40. The van der Waals surface area contributed by atoms with Crippen molar-refractivity contribution in [1.82, 2.24) is 13.9 Å². The Morgan fingerprint density at radius 3 is 2.42 bits per heavy atom. The third-order valence-electron chi connectivity index (χ3n) is 3.40. The molecule has 0 aliphatic carbocycles. The molecule has 0 amide bonds. The van der Waals surface area contributed by atoms with Crippen LogP contribution in [-0.4, -0.2) is 62.2 Å². The van der Waals surface area contributed by atoms with Crippen molar-refractivity contribution in [3.8, 4) is 0 Å². The van der Waals surface area contributed by atoms with Crippen molar-refractivity contribution >= 4 is 16.0 Å². The van der Waals surface area contributed by atoms with E-state index in [0.29, 0.717) is 6.54 Å². The van der Waals surface area contributed by atoms with Crippen LogP contribution in [0.2, 0.25) is 0 Å². The Bertz CT molecular complexity index is 401. The molecule has 4 N–H and O–H groups in total. The maximum Gasteiger partial charge on any atom is 0.279 e. The molecular formula is C11H25N5O2S. The maximum atomic E-state index is 12.0. The number of nitrogens with zero attached hydrogens (tertiary/aromatic N) is 2. The van der Waals surface area contributed by atoms with Crippen LogP contribution < -0.4 is 10.5 Å². The van der Waals surface area contributed by atoms with Crippen molar-refractivity contribution in [2.24, 2.45) is 5.73 Å². The number of nitrogens with one attached hydrogen (secondary N) is 2. The summed E-state index contributed by atoms with van der Waals surface area (Å²) in [7, 11) is -1.82. The van der Waals surface area contributed by atoms with E-state index < -0.39 is 10.2 Å². The number of nitrogens with two attached hydrogens (primary N) is 1. The van der Waals surface area contributed by atoms with Crippen LogP contribution in [0.4, 0.5) is 0 Å². The summed E-state index contributed by atoms with van der Waals surface area (Å²) in [6.07, 6.45) is 1.50. The first kappa shape index (κ1) is 16.4. The predicted octanol–water partition coefficient (Wildman–Crippen LogP) is -0.439. The number of piperidine rings is 1. The number of hydrogen-bond donors (Lipinski definition) is 3. The van der Waals surface area contributed by atoms with Gasteiger partial charge in [-0.15, -0.1) is 0 Å². The summed E-state index contributed by atoms with van der Waals surface area (Å²) in [5.74, 6) is 0.151.